The van der Waals surface area contributed by atoms with E-state index in [0.717, 1.165) is 6.42 Å². The zero-order chi connectivity index (χ0) is 11.5. The van der Waals surface area contributed by atoms with Crippen molar-refractivity contribution in [2.75, 3.05) is 19.6 Å². The summed E-state index contributed by atoms with van der Waals surface area (Å²) >= 11 is 0. The van der Waals surface area contributed by atoms with Crippen molar-refractivity contribution in [1.29, 1.82) is 0 Å². The highest BCUT2D eigenvalue weighted by atomic mass is 16.3. The third-order valence-electron chi connectivity index (χ3n) is 2.94. The van der Waals surface area contributed by atoms with Crippen molar-refractivity contribution < 1.29 is 9.90 Å². The Morgan fingerprint density at radius 3 is 2.80 bits per heavy atom. The molecule has 0 radical (unpaired) electrons. The van der Waals surface area contributed by atoms with E-state index in [0.29, 0.717) is 13.1 Å². The lowest BCUT2D eigenvalue weighted by molar-refractivity contribution is -0.142. The van der Waals surface area contributed by atoms with Crippen molar-refractivity contribution in [3.8, 4) is 12.3 Å². The molecule has 1 unspecified atom stereocenters. The number of aliphatic hydroxyl groups is 1. The Morgan fingerprint density at radius 1 is 1.73 bits per heavy atom. The number of rotatable bonds is 4. The Kier molecular flexibility index (Phi) is 3.72. The second-order valence-electron chi connectivity index (χ2n) is 4.08. The van der Waals surface area contributed by atoms with Gasteiger partial charge in [0, 0.05) is 13.1 Å². The summed E-state index contributed by atoms with van der Waals surface area (Å²) in [6, 6.07) is -0.217. The van der Waals surface area contributed by atoms with Gasteiger partial charge in [-0.15, -0.1) is 6.42 Å². The molecular weight excluding hydrogens is 192 g/mol. The van der Waals surface area contributed by atoms with E-state index in [4.69, 9.17) is 6.42 Å². The maximum absolute atomic E-state index is 11.5. The second kappa shape index (κ2) is 4.65. The van der Waals surface area contributed by atoms with Gasteiger partial charge in [-0.1, -0.05) is 12.8 Å². The molecule has 4 nitrogen and oxygen atoms in total. The lowest BCUT2D eigenvalue weighted by atomic mass is 9.90. The molecule has 0 spiro atoms. The zero-order valence-electron chi connectivity index (χ0n) is 9.29. The van der Waals surface area contributed by atoms with Crippen LogP contribution in [0.4, 0.5) is 0 Å². The second-order valence-corrected chi connectivity index (χ2v) is 4.08. The molecule has 0 aromatic heterocycles. The van der Waals surface area contributed by atoms with E-state index in [1.807, 2.05) is 18.7 Å². The fraction of sp³-hybridized carbons (Fsp3) is 0.727. The van der Waals surface area contributed by atoms with Crippen LogP contribution in [0.1, 0.15) is 20.3 Å². The van der Waals surface area contributed by atoms with E-state index < -0.39 is 5.60 Å². The number of β-amino-alcohol motifs (C(OH)–C–C–N with tert-alkyl or cyclic N) is 1. The van der Waals surface area contributed by atoms with Crippen LogP contribution in [0.25, 0.3) is 0 Å². The van der Waals surface area contributed by atoms with Gasteiger partial charge in [-0.2, -0.15) is 0 Å². The number of carbonyl (C=O) groups is 1. The largest absolute Gasteiger partial charge is 0.387 e. The smallest absolute Gasteiger partial charge is 0.237 e. The van der Waals surface area contributed by atoms with Gasteiger partial charge in [-0.3, -0.25) is 9.69 Å². The standard InChI is InChI=1S/C11H18N2O2/c1-4-6-12-10(14)9(3)13-7-11(15,5-2)8-13/h1,9,15H,5-8H2,2-3H3,(H,12,14). The molecule has 15 heavy (non-hydrogen) atoms. The summed E-state index contributed by atoms with van der Waals surface area (Å²) in [5.74, 6) is 2.28. The van der Waals surface area contributed by atoms with Crippen LogP contribution in [-0.4, -0.2) is 47.2 Å². The summed E-state index contributed by atoms with van der Waals surface area (Å²) in [6.07, 6.45) is 5.77. The minimum atomic E-state index is -0.597. The molecule has 1 saturated heterocycles. The Morgan fingerprint density at radius 2 is 2.33 bits per heavy atom. The molecule has 0 aliphatic carbocycles. The van der Waals surface area contributed by atoms with Crippen LogP contribution in [0.5, 0.6) is 0 Å². The number of likely N-dealkylation sites (tertiary alicyclic amines) is 1. The molecule has 0 aromatic rings. The molecule has 1 fully saturated rings. The molecule has 1 aliphatic rings. The van der Waals surface area contributed by atoms with Crippen molar-refractivity contribution >= 4 is 5.91 Å². The van der Waals surface area contributed by atoms with Gasteiger partial charge in [0.1, 0.15) is 0 Å². The number of hydrogen-bond acceptors (Lipinski definition) is 3. The van der Waals surface area contributed by atoms with Crippen LogP contribution >= 0.6 is 0 Å². The zero-order valence-corrected chi connectivity index (χ0v) is 9.29. The number of carbonyl (C=O) groups excluding carboxylic acids is 1. The lowest BCUT2D eigenvalue weighted by Crippen LogP contribution is -2.66. The van der Waals surface area contributed by atoms with Gasteiger partial charge in [0.15, 0.2) is 0 Å². The SMILES string of the molecule is C#CCNC(=O)C(C)N1CC(O)(CC)C1. The predicted molar refractivity (Wildman–Crippen MR) is 58.1 cm³/mol. The fourth-order valence-electron chi connectivity index (χ4n) is 1.66. The van der Waals surface area contributed by atoms with Crippen LogP contribution < -0.4 is 5.32 Å². The monoisotopic (exact) mass is 210 g/mol. The molecule has 1 heterocycles. The van der Waals surface area contributed by atoms with E-state index in [-0.39, 0.29) is 18.5 Å². The summed E-state index contributed by atoms with van der Waals surface area (Å²) < 4.78 is 0. The number of terminal acetylenes is 1. The van der Waals surface area contributed by atoms with Crippen LogP contribution in [0.2, 0.25) is 0 Å². The molecule has 1 rings (SSSR count). The first-order valence-corrected chi connectivity index (χ1v) is 5.20. The molecule has 0 saturated carbocycles. The highest BCUT2D eigenvalue weighted by Gasteiger charge is 2.42. The molecule has 84 valence electrons. The Labute approximate surface area is 90.6 Å². The van der Waals surface area contributed by atoms with Crippen molar-refractivity contribution in [2.24, 2.45) is 0 Å². The topological polar surface area (TPSA) is 52.6 Å². The molecule has 0 aromatic carbocycles. The first kappa shape index (κ1) is 12.0. The molecular formula is C11H18N2O2. The molecule has 1 atom stereocenters. The van der Waals surface area contributed by atoms with Gasteiger partial charge < -0.3 is 10.4 Å². The van der Waals surface area contributed by atoms with E-state index in [1.54, 1.807) is 0 Å². The number of nitrogens with zero attached hydrogens (tertiary/aromatic N) is 1. The lowest BCUT2D eigenvalue weighted by Gasteiger charge is -2.48. The van der Waals surface area contributed by atoms with Gasteiger partial charge >= 0.3 is 0 Å². The van der Waals surface area contributed by atoms with Crippen molar-refractivity contribution in [2.45, 2.75) is 31.9 Å². The van der Waals surface area contributed by atoms with Gasteiger partial charge in [-0.05, 0) is 13.3 Å². The quantitative estimate of drug-likeness (QED) is 0.620. The Hall–Kier alpha value is -1.05. The summed E-state index contributed by atoms with van der Waals surface area (Å²) in [4.78, 5) is 13.4. The molecule has 4 heteroatoms. The van der Waals surface area contributed by atoms with Crippen LogP contribution in [0.3, 0.4) is 0 Å². The van der Waals surface area contributed by atoms with Crippen LogP contribution in [-0.2, 0) is 4.79 Å². The summed E-state index contributed by atoms with van der Waals surface area (Å²) in [5, 5.41) is 12.4. The third-order valence-corrected chi connectivity index (χ3v) is 2.94. The predicted octanol–water partition coefficient (Wildman–Crippen LogP) is -0.419. The highest BCUT2D eigenvalue weighted by molar-refractivity contribution is 5.81. The third kappa shape index (κ3) is 2.71. The summed E-state index contributed by atoms with van der Waals surface area (Å²) in [5.41, 5.74) is -0.597. The minimum absolute atomic E-state index is 0.0777. The first-order valence-electron chi connectivity index (χ1n) is 5.20. The van der Waals surface area contributed by atoms with Crippen LogP contribution in [0, 0.1) is 12.3 Å². The van der Waals surface area contributed by atoms with E-state index in [9.17, 15) is 9.90 Å². The molecule has 1 amide bonds. The minimum Gasteiger partial charge on any atom is -0.387 e. The van der Waals surface area contributed by atoms with Crippen molar-refractivity contribution in [3.05, 3.63) is 0 Å². The summed E-state index contributed by atoms with van der Waals surface area (Å²) in [7, 11) is 0. The average Bonchev–Trinajstić information content (AvgIpc) is 2.20. The van der Waals surface area contributed by atoms with Gasteiger partial charge in [0.2, 0.25) is 5.91 Å². The number of nitrogens with one attached hydrogen (secondary N) is 1. The number of hydrogen-bond donors (Lipinski definition) is 2. The maximum atomic E-state index is 11.5. The molecule has 1 aliphatic heterocycles. The van der Waals surface area contributed by atoms with Crippen molar-refractivity contribution in [3.63, 3.8) is 0 Å². The normalized spacial score (nSPS) is 21.2. The van der Waals surface area contributed by atoms with E-state index in [2.05, 4.69) is 11.2 Å². The number of amides is 1. The van der Waals surface area contributed by atoms with Crippen LogP contribution in [0.15, 0.2) is 0 Å². The fourth-order valence-corrected chi connectivity index (χ4v) is 1.66. The van der Waals surface area contributed by atoms with Gasteiger partial charge in [0.05, 0.1) is 18.2 Å². The maximum Gasteiger partial charge on any atom is 0.237 e. The first-order chi connectivity index (χ1) is 7.02. The average molecular weight is 210 g/mol. The van der Waals surface area contributed by atoms with E-state index >= 15 is 0 Å². The van der Waals surface area contributed by atoms with Gasteiger partial charge in [0.25, 0.3) is 0 Å². The molecule has 2 N–H and O–H groups in total. The summed E-state index contributed by atoms with van der Waals surface area (Å²) in [6.45, 7) is 5.15. The highest BCUT2D eigenvalue weighted by Crippen LogP contribution is 2.25. The van der Waals surface area contributed by atoms with E-state index in [1.165, 1.54) is 0 Å². The van der Waals surface area contributed by atoms with Gasteiger partial charge in [-0.25, -0.2) is 0 Å². The Bertz CT molecular complexity index is 277. The molecule has 0 bridgehead atoms. The van der Waals surface area contributed by atoms with Crippen molar-refractivity contribution in [1.82, 2.24) is 10.2 Å². The Balaban J connectivity index is 2.35.